The zero-order chi connectivity index (χ0) is 17.6. The third-order valence-electron chi connectivity index (χ3n) is 3.20. The second-order valence-corrected chi connectivity index (χ2v) is 7.69. The van der Waals surface area contributed by atoms with Gasteiger partial charge >= 0.3 is 6.09 Å². The summed E-state index contributed by atoms with van der Waals surface area (Å²) in [5.74, 6) is -0.344. The van der Waals surface area contributed by atoms with Crippen LogP contribution in [-0.4, -0.2) is 43.6 Å². The van der Waals surface area contributed by atoms with Crippen LogP contribution in [0.2, 0.25) is 0 Å². The molecule has 0 heterocycles. The summed E-state index contributed by atoms with van der Waals surface area (Å²) in [6, 6.07) is 3.70. The van der Waals surface area contributed by atoms with Crippen LogP contribution in [0, 0.1) is 18.7 Å². The number of aryl methyl sites for hydroxylation is 1. The highest BCUT2D eigenvalue weighted by molar-refractivity contribution is 7.89. The van der Waals surface area contributed by atoms with E-state index in [2.05, 4.69) is 5.32 Å². The Balaban J connectivity index is 2.94. The van der Waals surface area contributed by atoms with Gasteiger partial charge in [-0.1, -0.05) is 13.8 Å². The Morgan fingerprint density at radius 3 is 2.57 bits per heavy atom. The van der Waals surface area contributed by atoms with Crippen LogP contribution in [0.3, 0.4) is 0 Å². The summed E-state index contributed by atoms with van der Waals surface area (Å²) < 4.78 is 40.1. The van der Waals surface area contributed by atoms with Gasteiger partial charge in [-0.2, -0.15) is 4.31 Å². The molecule has 2 N–H and O–H groups in total. The molecule has 1 aromatic carbocycles. The monoisotopic (exact) mass is 346 g/mol. The summed E-state index contributed by atoms with van der Waals surface area (Å²) in [6.07, 6.45) is -0.782. The first kappa shape index (κ1) is 19.4. The molecule has 0 radical (unpaired) electrons. The molecule has 6 nitrogen and oxygen atoms in total. The minimum Gasteiger partial charge on any atom is -0.465 e. The molecule has 1 rings (SSSR count). The SMILES string of the molecule is Cc1cc(S(=O)(=O)N(CCCNC(=O)O)CC(C)C)ccc1F. The summed E-state index contributed by atoms with van der Waals surface area (Å²) >= 11 is 0. The number of nitrogens with zero attached hydrogens (tertiary/aromatic N) is 1. The number of carboxylic acid groups (broad SMARTS) is 1. The molecule has 0 fully saturated rings. The summed E-state index contributed by atoms with van der Waals surface area (Å²) in [7, 11) is -3.74. The van der Waals surface area contributed by atoms with Gasteiger partial charge in [-0.05, 0) is 43.0 Å². The normalized spacial score (nSPS) is 11.9. The van der Waals surface area contributed by atoms with Crippen molar-refractivity contribution in [3.05, 3.63) is 29.6 Å². The van der Waals surface area contributed by atoms with Crippen molar-refractivity contribution in [2.24, 2.45) is 5.92 Å². The van der Waals surface area contributed by atoms with Gasteiger partial charge in [0.2, 0.25) is 10.0 Å². The topological polar surface area (TPSA) is 86.7 Å². The van der Waals surface area contributed by atoms with Crippen LogP contribution >= 0.6 is 0 Å². The maximum atomic E-state index is 13.3. The van der Waals surface area contributed by atoms with Gasteiger partial charge in [-0.25, -0.2) is 17.6 Å². The standard InChI is InChI=1S/C15H23FN2O4S/c1-11(2)10-18(8-4-7-17-15(19)20)23(21,22)13-5-6-14(16)12(3)9-13/h5-6,9,11,17H,4,7-8,10H2,1-3H3,(H,19,20). The van der Waals surface area contributed by atoms with Crippen molar-refractivity contribution in [1.82, 2.24) is 9.62 Å². The Hall–Kier alpha value is -1.67. The van der Waals surface area contributed by atoms with Gasteiger partial charge in [-0.15, -0.1) is 0 Å². The molecular weight excluding hydrogens is 323 g/mol. The number of rotatable bonds is 8. The van der Waals surface area contributed by atoms with Gasteiger partial charge in [0.05, 0.1) is 4.90 Å². The predicted octanol–water partition coefficient (Wildman–Crippen LogP) is 2.44. The van der Waals surface area contributed by atoms with Crippen molar-refractivity contribution in [2.45, 2.75) is 32.1 Å². The molecule has 130 valence electrons. The van der Waals surface area contributed by atoms with Crippen molar-refractivity contribution in [2.75, 3.05) is 19.6 Å². The number of sulfonamides is 1. The first-order chi connectivity index (χ1) is 10.6. The average molecular weight is 346 g/mol. The Labute approximate surface area is 136 Å². The molecule has 0 aliphatic carbocycles. The maximum absolute atomic E-state index is 13.3. The first-order valence-electron chi connectivity index (χ1n) is 7.37. The van der Waals surface area contributed by atoms with E-state index in [0.717, 1.165) is 6.07 Å². The fraction of sp³-hybridized carbons (Fsp3) is 0.533. The van der Waals surface area contributed by atoms with E-state index in [-0.39, 0.29) is 29.5 Å². The Morgan fingerprint density at radius 2 is 2.04 bits per heavy atom. The highest BCUT2D eigenvalue weighted by Gasteiger charge is 2.25. The number of carbonyl (C=O) groups is 1. The van der Waals surface area contributed by atoms with E-state index < -0.39 is 21.9 Å². The van der Waals surface area contributed by atoms with Crippen LogP contribution in [-0.2, 0) is 10.0 Å². The van der Waals surface area contributed by atoms with Gasteiger partial charge in [0.15, 0.2) is 0 Å². The molecule has 0 spiro atoms. The lowest BCUT2D eigenvalue weighted by atomic mass is 10.2. The van der Waals surface area contributed by atoms with Gasteiger partial charge < -0.3 is 10.4 Å². The maximum Gasteiger partial charge on any atom is 0.404 e. The Morgan fingerprint density at radius 1 is 1.39 bits per heavy atom. The molecule has 0 bridgehead atoms. The van der Waals surface area contributed by atoms with Crippen molar-refractivity contribution >= 4 is 16.1 Å². The summed E-state index contributed by atoms with van der Waals surface area (Å²) in [4.78, 5) is 10.5. The quantitative estimate of drug-likeness (QED) is 0.708. The molecule has 23 heavy (non-hydrogen) atoms. The van der Waals surface area contributed by atoms with E-state index in [0.29, 0.717) is 13.0 Å². The number of hydrogen-bond acceptors (Lipinski definition) is 3. The van der Waals surface area contributed by atoms with E-state index in [1.54, 1.807) is 0 Å². The molecule has 0 aliphatic rings. The fourth-order valence-electron chi connectivity index (χ4n) is 2.09. The fourth-order valence-corrected chi connectivity index (χ4v) is 3.82. The molecule has 0 aliphatic heterocycles. The second-order valence-electron chi connectivity index (χ2n) is 5.75. The number of nitrogens with one attached hydrogen (secondary N) is 1. The summed E-state index contributed by atoms with van der Waals surface area (Å²) in [5, 5.41) is 10.7. The van der Waals surface area contributed by atoms with Gasteiger partial charge in [-0.3, -0.25) is 0 Å². The van der Waals surface area contributed by atoms with Crippen LogP contribution in [0.1, 0.15) is 25.8 Å². The highest BCUT2D eigenvalue weighted by atomic mass is 32.2. The zero-order valence-electron chi connectivity index (χ0n) is 13.5. The van der Waals surface area contributed by atoms with Gasteiger partial charge in [0.25, 0.3) is 0 Å². The zero-order valence-corrected chi connectivity index (χ0v) is 14.4. The number of hydrogen-bond donors (Lipinski definition) is 2. The van der Waals surface area contributed by atoms with E-state index in [4.69, 9.17) is 5.11 Å². The minimum absolute atomic E-state index is 0.0447. The van der Waals surface area contributed by atoms with Crippen molar-refractivity contribution < 1.29 is 22.7 Å². The molecule has 0 atom stereocenters. The second kappa shape index (κ2) is 8.26. The van der Waals surface area contributed by atoms with Crippen molar-refractivity contribution in [1.29, 1.82) is 0 Å². The van der Waals surface area contributed by atoms with Gasteiger partial charge in [0.1, 0.15) is 5.82 Å². The first-order valence-corrected chi connectivity index (χ1v) is 8.81. The molecule has 0 aromatic heterocycles. The van der Waals surface area contributed by atoms with Crippen LogP contribution in [0.15, 0.2) is 23.1 Å². The van der Waals surface area contributed by atoms with Crippen LogP contribution in [0.25, 0.3) is 0 Å². The number of halogens is 1. The largest absolute Gasteiger partial charge is 0.465 e. The smallest absolute Gasteiger partial charge is 0.404 e. The van der Waals surface area contributed by atoms with Crippen LogP contribution in [0.4, 0.5) is 9.18 Å². The summed E-state index contributed by atoms with van der Waals surface area (Å²) in [5.41, 5.74) is 0.267. The van der Waals surface area contributed by atoms with Gasteiger partial charge in [0, 0.05) is 19.6 Å². The van der Waals surface area contributed by atoms with Crippen LogP contribution < -0.4 is 5.32 Å². The third-order valence-corrected chi connectivity index (χ3v) is 5.06. The van der Waals surface area contributed by atoms with E-state index in [1.807, 2.05) is 13.8 Å². The molecule has 0 saturated carbocycles. The molecular formula is C15H23FN2O4S. The lowest BCUT2D eigenvalue weighted by Crippen LogP contribution is -2.36. The Bertz CT molecular complexity index is 647. The van der Waals surface area contributed by atoms with Crippen molar-refractivity contribution in [3.63, 3.8) is 0 Å². The summed E-state index contributed by atoms with van der Waals surface area (Å²) in [6.45, 7) is 5.98. The number of benzene rings is 1. The molecule has 1 amide bonds. The lowest BCUT2D eigenvalue weighted by molar-refractivity contribution is 0.194. The molecule has 1 aromatic rings. The molecule has 0 unspecified atom stereocenters. The third kappa shape index (κ3) is 5.80. The van der Waals surface area contributed by atoms with E-state index in [1.165, 1.54) is 23.4 Å². The van der Waals surface area contributed by atoms with E-state index in [9.17, 15) is 17.6 Å². The Kier molecular flexibility index (Phi) is 6.96. The van der Waals surface area contributed by atoms with Crippen LogP contribution in [0.5, 0.6) is 0 Å². The predicted molar refractivity (Wildman–Crippen MR) is 85.4 cm³/mol. The molecule has 0 saturated heterocycles. The van der Waals surface area contributed by atoms with Crippen molar-refractivity contribution in [3.8, 4) is 0 Å². The lowest BCUT2D eigenvalue weighted by Gasteiger charge is -2.24. The van der Waals surface area contributed by atoms with E-state index >= 15 is 0 Å². The highest BCUT2D eigenvalue weighted by Crippen LogP contribution is 2.20. The minimum atomic E-state index is -3.74. The number of amides is 1. The average Bonchev–Trinajstić information content (AvgIpc) is 2.44. The molecule has 8 heteroatoms.